The van der Waals surface area contributed by atoms with E-state index >= 15 is 0 Å². The number of benzene rings is 3. The largest absolute Gasteiger partial charge is 0.493 e. The summed E-state index contributed by atoms with van der Waals surface area (Å²) in [6, 6.07) is 20.9. The van der Waals surface area contributed by atoms with Crippen LogP contribution in [0.5, 0.6) is 5.75 Å². The molecule has 146 valence electrons. The molecule has 0 spiro atoms. The maximum Gasteiger partial charge on any atom is 0.293 e. The average molecular weight is 389 g/mol. The molecule has 29 heavy (non-hydrogen) atoms. The molecule has 7 heteroatoms. The number of nitro benzene ring substituents is 1. The number of amides is 1. The Bertz CT molecular complexity index is 1050. The van der Waals surface area contributed by atoms with E-state index in [4.69, 9.17) is 4.74 Å². The highest BCUT2D eigenvalue weighted by Crippen LogP contribution is 2.32. The maximum atomic E-state index is 12.8. The van der Waals surface area contributed by atoms with Gasteiger partial charge in [-0.3, -0.25) is 14.9 Å². The highest BCUT2D eigenvalue weighted by molar-refractivity contribution is 5.96. The highest BCUT2D eigenvalue weighted by atomic mass is 16.6. The van der Waals surface area contributed by atoms with E-state index in [1.54, 1.807) is 12.1 Å². The Morgan fingerprint density at radius 2 is 1.79 bits per heavy atom. The number of rotatable bonds is 5. The standard InChI is InChI=1S/C22H19N3O4/c26-22(24-18-12-13-29-21-9-5-4-8-17(18)21)15-10-11-19(20(14-15)25(27)28)23-16-6-2-1-3-7-16/h1-11,14,18,23H,12-13H2,(H,24,26)/t18-/m0/s1. The van der Waals surface area contributed by atoms with E-state index < -0.39 is 4.92 Å². The second kappa shape index (κ2) is 8.02. The Morgan fingerprint density at radius 1 is 1.03 bits per heavy atom. The lowest BCUT2D eigenvalue weighted by molar-refractivity contribution is -0.383. The average Bonchev–Trinajstić information content (AvgIpc) is 2.75. The molecule has 7 nitrogen and oxygen atoms in total. The molecule has 0 fully saturated rings. The van der Waals surface area contributed by atoms with Gasteiger partial charge >= 0.3 is 0 Å². The van der Waals surface area contributed by atoms with Crippen molar-refractivity contribution < 1.29 is 14.5 Å². The molecule has 0 aliphatic carbocycles. The van der Waals surface area contributed by atoms with Gasteiger partial charge in [0.05, 0.1) is 17.6 Å². The summed E-state index contributed by atoms with van der Waals surface area (Å²) in [4.78, 5) is 23.8. The van der Waals surface area contributed by atoms with Crippen molar-refractivity contribution in [2.24, 2.45) is 0 Å². The smallest absolute Gasteiger partial charge is 0.293 e. The number of nitro groups is 1. The van der Waals surface area contributed by atoms with Crippen molar-refractivity contribution in [3.05, 3.63) is 94.0 Å². The van der Waals surface area contributed by atoms with Crippen LogP contribution in [0.3, 0.4) is 0 Å². The molecule has 4 rings (SSSR count). The molecule has 1 atom stereocenters. The third-order valence-corrected chi connectivity index (χ3v) is 4.77. The predicted octanol–water partition coefficient (Wildman–Crippen LogP) is 4.59. The Morgan fingerprint density at radius 3 is 2.59 bits per heavy atom. The minimum Gasteiger partial charge on any atom is -0.493 e. The zero-order valence-electron chi connectivity index (χ0n) is 15.5. The number of carbonyl (C=O) groups excluding carboxylic acids is 1. The van der Waals surface area contributed by atoms with Crippen LogP contribution in [-0.2, 0) is 0 Å². The topological polar surface area (TPSA) is 93.5 Å². The summed E-state index contributed by atoms with van der Waals surface area (Å²) in [5.41, 5.74) is 2.04. The number of hydrogen-bond acceptors (Lipinski definition) is 5. The van der Waals surface area contributed by atoms with Crippen molar-refractivity contribution in [3.63, 3.8) is 0 Å². The van der Waals surface area contributed by atoms with Gasteiger partial charge in [-0.25, -0.2) is 0 Å². The van der Waals surface area contributed by atoms with E-state index in [0.29, 0.717) is 18.7 Å². The van der Waals surface area contributed by atoms with Gasteiger partial charge in [0.2, 0.25) is 0 Å². The van der Waals surface area contributed by atoms with Gasteiger partial charge in [0.1, 0.15) is 11.4 Å². The molecule has 0 bridgehead atoms. The third-order valence-electron chi connectivity index (χ3n) is 4.77. The number of fused-ring (bicyclic) bond motifs is 1. The minimum atomic E-state index is -0.494. The maximum absolute atomic E-state index is 12.8. The molecule has 1 heterocycles. The SMILES string of the molecule is O=C(N[C@H]1CCOc2ccccc21)c1ccc(Nc2ccccc2)c([N+](=O)[O-])c1. The van der Waals surface area contributed by atoms with Crippen LogP contribution >= 0.6 is 0 Å². The molecule has 3 aromatic rings. The number of hydrogen-bond donors (Lipinski definition) is 2. The third kappa shape index (κ3) is 4.03. The highest BCUT2D eigenvalue weighted by Gasteiger charge is 2.24. The molecular weight excluding hydrogens is 370 g/mol. The van der Waals surface area contributed by atoms with E-state index in [0.717, 1.165) is 17.0 Å². The second-order valence-electron chi connectivity index (χ2n) is 6.68. The fourth-order valence-corrected chi connectivity index (χ4v) is 3.34. The van der Waals surface area contributed by atoms with Crippen LogP contribution in [0.4, 0.5) is 17.1 Å². The predicted molar refractivity (Wildman–Crippen MR) is 110 cm³/mol. The second-order valence-corrected chi connectivity index (χ2v) is 6.68. The van der Waals surface area contributed by atoms with Crippen molar-refractivity contribution in [1.82, 2.24) is 5.32 Å². The van der Waals surface area contributed by atoms with Crippen LogP contribution in [0.25, 0.3) is 0 Å². The molecule has 1 amide bonds. The van der Waals surface area contributed by atoms with Crippen LogP contribution in [0.2, 0.25) is 0 Å². The van der Waals surface area contributed by atoms with E-state index in [9.17, 15) is 14.9 Å². The van der Waals surface area contributed by atoms with Gasteiger partial charge in [0.25, 0.3) is 11.6 Å². The fraction of sp³-hybridized carbons (Fsp3) is 0.136. The summed E-state index contributed by atoms with van der Waals surface area (Å²) < 4.78 is 5.61. The summed E-state index contributed by atoms with van der Waals surface area (Å²) in [6.45, 7) is 0.502. The summed E-state index contributed by atoms with van der Waals surface area (Å²) in [5, 5.41) is 17.5. The number of anilines is 2. The van der Waals surface area contributed by atoms with Gasteiger partial charge < -0.3 is 15.4 Å². The van der Waals surface area contributed by atoms with Crippen LogP contribution in [0.1, 0.15) is 28.4 Å². The van der Waals surface area contributed by atoms with Crippen molar-refractivity contribution in [2.75, 3.05) is 11.9 Å². The summed E-state index contributed by atoms with van der Waals surface area (Å²) in [7, 11) is 0. The van der Waals surface area contributed by atoms with Crippen LogP contribution in [0.15, 0.2) is 72.8 Å². The van der Waals surface area contributed by atoms with E-state index in [-0.39, 0.29) is 23.2 Å². The van der Waals surface area contributed by atoms with Gasteiger partial charge in [-0.15, -0.1) is 0 Å². The molecule has 0 unspecified atom stereocenters. The first-order valence-corrected chi connectivity index (χ1v) is 9.25. The lowest BCUT2D eigenvalue weighted by Gasteiger charge is -2.26. The zero-order chi connectivity index (χ0) is 20.2. The van der Waals surface area contributed by atoms with Gasteiger partial charge in [-0.05, 0) is 30.3 Å². The van der Waals surface area contributed by atoms with Gasteiger partial charge in [0, 0.05) is 29.3 Å². The molecular formula is C22H19N3O4. The van der Waals surface area contributed by atoms with Crippen molar-refractivity contribution >= 4 is 23.0 Å². The molecule has 1 aliphatic rings. The van der Waals surface area contributed by atoms with Gasteiger partial charge in [-0.2, -0.15) is 0 Å². The van der Waals surface area contributed by atoms with Crippen molar-refractivity contribution in [3.8, 4) is 5.75 Å². The first-order chi connectivity index (χ1) is 14.1. The normalized spacial score (nSPS) is 15.0. The molecule has 0 saturated heterocycles. The Labute approximate surface area is 167 Å². The number of ether oxygens (including phenoxy) is 1. The van der Waals surface area contributed by atoms with E-state index in [2.05, 4.69) is 10.6 Å². The minimum absolute atomic E-state index is 0.158. The molecule has 3 aromatic carbocycles. The first kappa shape index (κ1) is 18.5. The molecule has 2 N–H and O–H groups in total. The quantitative estimate of drug-likeness (QED) is 0.492. The Hall–Kier alpha value is -3.87. The van der Waals surface area contributed by atoms with Crippen molar-refractivity contribution in [2.45, 2.75) is 12.5 Å². The summed E-state index contributed by atoms with van der Waals surface area (Å²) in [6.07, 6.45) is 0.637. The molecule has 1 aliphatic heterocycles. The lowest BCUT2D eigenvalue weighted by Crippen LogP contribution is -2.32. The Kier molecular flexibility index (Phi) is 5.11. The zero-order valence-corrected chi connectivity index (χ0v) is 15.5. The molecule has 0 aromatic heterocycles. The van der Waals surface area contributed by atoms with Gasteiger partial charge in [0.15, 0.2) is 0 Å². The number of nitrogens with zero attached hydrogens (tertiary/aromatic N) is 1. The van der Waals surface area contributed by atoms with E-state index in [1.807, 2.05) is 54.6 Å². The first-order valence-electron chi connectivity index (χ1n) is 9.25. The molecule has 0 radical (unpaired) electrons. The van der Waals surface area contributed by atoms with Crippen LogP contribution in [0, 0.1) is 10.1 Å². The number of para-hydroxylation sites is 2. The fourth-order valence-electron chi connectivity index (χ4n) is 3.34. The van der Waals surface area contributed by atoms with E-state index in [1.165, 1.54) is 6.07 Å². The number of nitrogens with one attached hydrogen (secondary N) is 2. The summed E-state index contributed by atoms with van der Waals surface area (Å²) in [5.74, 6) is 0.388. The lowest BCUT2D eigenvalue weighted by atomic mass is 10.00. The number of carbonyl (C=O) groups is 1. The van der Waals surface area contributed by atoms with Gasteiger partial charge in [-0.1, -0.05) is 36.4 Å². The van der Waals surface area contributed by atoms with Crippen LogP contribution in [-0.4, -0.2) is 17.4 Å². The molecule has 0 saturated carbocycles. The monoisotopic (exact) mass is 389 g/mol. The summed E-state index contributed by atoms with van der Waals surface area (Å²) >= 11 is 0. The van der Waals surface area contributed by atoms with Crippen molar-refractivity contribution in [1.29, 1.82) is 0 Å². The van der Waals surface area contributed by atoms with Crippen LogP contribution < -0.4 is 15.4 Å². The Balaban J connectivity index is 1.56.